The van der Waals surface area contributed by atoms with Crippen molar-refractivity contribution >= 4 is 0 Å². The number of rotatable bonds is 1. The molecule has 1 aliphatic heterocycles. The average molecular weight is 239 g/mol. The lowest BCUT2D eigenvalue weighted by molar-refractivity contribution is -0.657. The molecule has 0 amide bonds. The summed E-state index contributed by atoms with van der Waals surface area (Å²) in [4.78, 5) is 31.9. The Kier molecular flexibility index (Phi) is 2.41. The number of hydrogen-bond acceptors (Lipinski definition) is 4. The zero-order valence-corrected chi connectivity index (χ0v) is 10.3. The number of nitrogens with one attached hydrogen (secondary N) is 1. The third-order valence-corrected chi connectivity index (χ3v) is 3.04. The van der Waals surface area contributed by atoms with Crippen LogP contribution in [0.25, 0.3) is 0 Å². The van der Waals surface area contributed by atoms with Gasteiger partial charge in [-0.05, 0) is 0 Å². The molecule has 7 nitrogen and oxygen atoms in total. The van der Waals surface area contributed by atoms with E-state index in [4.69, 9.17) is 4.84 Å². The topological polar surface area (TPSA) is 79.6 Å². The van der Waals surface area contributed by atoms with E-state index in [1.54, 1.807) is 14.0 Å². The van der Waals surface area contributed by atoms with E-state index in [0.717, 1.165) is 4.57 Å². The maximum absolute atomic E-state index is 11.8. The van der Waals surface area contributed by atoms with Gasteiger partial charge < -0.3 is 4.84 Å². The van der Waals surface area contributed by atoms with Crippen molar-refractivity contribution in [3.05, 3.63) is 31.7 Å². The summed E-state index contributed by atoms with van der Waals surface area (Å²) in [5.74, 6) is 0. The fourth-order valence-corrected chi connectivity index (χ4v) is 1.62. The van der Waals surface area contributed by atoms with Gasteiger partial charge in [-0.25, -0.2) is 14.4 Å². The molecule has 1 atom stereocenters. The molecule has 1 aromatic rings. The van der Waals surface area contributed by atoms with Gasteiger partial charge in [-0.3, -0.25) is 4.79 Å². The van der Waals surface area contributed by atoms with E-state index in [1.165, 1.54) is 11.6 Å². The summed E-state index contributed by atoms with van der Waals surface area (Å²) in [7, 11) is 3.00. The van der Waals surface area contributed by atoms with Crippen molar-refractivity contribution in [2.45, 2.75) is 26.0 Å². The van der Waals surface area contributed by atoms with Gasteiger partial charge in [0.1, 0.15) is 0 Å². The summed E-state index contributed by atoms with van der Waals surface area (Å²) in [6, 6.07) is 0. The second kappa shape index (κ2) is 3.54. The minimum atomic E-state index is -0.691. The molecule has 0 aliphatic carbocycles. The average Bonchev–Trinajstić information content (AvgIpc) is 2.33. The molecule has 7 heteroatoms. The minimum Gasteiger partial charge on any atom is -0.344 e. The molecule has 17 heavy (non-hydrogen) atoms. The lowest BCUT2D eigenvalue weighted by atomic mass is 10.2. The summed E-state index contributed by atoms with van der Waals surface area (Å²) in [6.45, 7) is 3.73. The van der Waals surface area contributed by atoms with Crippen LogP contribution >= 0.6 is 0 Å². The number of nitrogens with zero attached hydrogens (tertiary/aromatic N) is 3. The normalized spacial score (nSPS) is 22.1. The van der Waals surface area contributed by atoms with Crippen LogP contribution < -0.4 is 27.1 Å². The molecule has 0 saturated heterocycles. The fourth-order valence-electron chi connectivity index (χ4n) is 1.62. The van der Waals surface area contributed by atoms with Gasteiger partial charge in [0.25, 0.3) is 16.6 Å². The van der Waals surface area contributed by atoms with Gasteiger partial charge in [0.2, 0.25) is 0 Å². The van der Waals surface area contributed by atoms with Gasteiger partial charge in [0, 0.05) is 20.4 Å². The van der Waals surface area contributed by atoms with Gasteiger partial charge in [-0.15, -0.1) is 0 Å². The van der Waals surface area contributed by atoms with Crippen molar-refractivity contribution < 1.29 is 9.83 Å². The van der Waals surface area contributed by atoms with Gasteiger partial charge in [0.05, 0.1) is 7.05 Å². The second-order valence-corrected chi connectivity index (χ2v) is 4.29. The molecular formula is C10H15N4O3+. The summed E-state index contributed by atoms with van der Waals surface area (Å²) in [5.41, 5.74) is -1.15. The smallest absolute Gasteiger partial charge is 0.344 e. The van der Waals surface area contributed by atoms with Crippen LogP contribution in [0, 0.1) is 0 Å². The molecule has 1 N–H and O–H groups in total. The molecule has 0 saturated carbocycles. The first-order valence-electron chi connectivity index (χ1n) is 5.37. The Balaban J connectivity index is 2.99. The molecule has 0 unspecified atom stereocenters. The molecule has 0 fully saturated rings. The van der Waals surface area contributed by atoms with E-state index in [1.807, 2.05) is 6.92 Å². The molecule has 0 spiro atoms. The van der Waals surface area contributed by atoms with Gasteiger partial charge in [-0.1, -0.05) is 12.1 Å². The van der Waals surface area contributed by atoms with Crippen molar-refractivity contribution in [1.29, 1.82) is 0 Å². The molecule has 0 radical (unpaired) electrons. The second-order valence-electron chi connectivity index (χ2n) is 4.29. The number of aromatic nitrogens is 2. The Bertz CT molecular complexity index is 700. The van der Waals surface area contributed by atoms with Crippen LogP contribution in [0.2, 0.25) is 0 Å². The molecule has 1 aliphatic rings. The van der Waals surface area contributed by atoms with Gasteiger partial charge in [0.15, 0.2) is 0 Å². The van der Waals surface area contributed by atoms with Gasteiger partial charge >= 0.3 is 11.2 Å². The zero-order valence-electron chi connectivity index (χ0n) is 10.3. The third-order valence-electron chi connectivity index (χ3n) is 3.04. The van der Waals surface area contributed by atoms with Crippen molar-refractivity contribution in [2.75, 3.05) is 0 Å². The van der Waals surface area contributed by atoms with E-state index in [-0.39, 0.29) is 5.36 Å². The van der Waals surface area contributed by atoms with Gasteiger partial charge in [-0.2, -0.15) is 4.57 Å². The number of fused-ring (bicyclic) bond motifs is 1. The highest BCUT2D eigenvalue weighted by Gasteiger charge is 2.30. The summed E-state index contributed by atoms with van der Waals surface area (Å²) in [6.07, 6.45) is 0.652. The Morgan fingerprint density at radius 2 is 2.00 bits per heavy atom. The summed E-state index contributed by atoms with van der Waals surface area (Å²) in [5, 5.41) is 3.95. The molecule has 0 bridgehead atoms. The quantitative estimate of drug-likeness (QED) is 0.551. The highest BCUT2D eigenvalue weighted by Crippen LogP contribution is 2.03. The van der Waals surface area contributed by atoms with Crippen LogP contribution in [0.3, 0.4) is 0 Å². The summed E-state index contributed by atoms with van der Waals surface area (Å²) >= 11 is 0. The third kappa shape index (κ3) is 1.58. The van der Waals surface area contributed by atoms with Crippen LogP contribution in [-0.2, 0) is 18.9 Å². The van der Waals surface area contributed by atoms with Crippen LogP contribution in [0.5, 0.6) is 0 Å². The van der Waals surface area contributed by atoms with Crippen LogP contribution in [0.15, 0.2) is 14.7 Å². The van der Waals surface area contributed by atoms with E-state index in [9.17, 15) is 9.59 Å². The maximum Gasteiger partial charge on any atom is 0.418 e. The van der Waals surface area contributed by atoms with Crippen molar-refractivity contribution in [3.63, 3.8) is 0 Å². The predicted molar refractivity (Wildman–Crippen MR) is 57.6 cm³/mol. The molecule has 2 heterocycles. The monoisotopic (exact) mass is 239 g/mol. The van der Waals surface area contributed by atoms with E-state index in [2.05, 4.69) is 10.1 Å². The Morgan fingerprint density at radius 3 is 2.59 bits per heavy atom. The van der Waals surface area contributed by atoms with E-state index in [0.29, 0.717) is 11.9 Å². The molecule has 92 valence electrons. The first-order valence-corrected chi connectivity index (χ1v) is 5.37. The first kappa shape index (κ1) is 11.6. The van der Waals surface area contributed by atoms with Crippen LogP contribution in [0.1, 0.15) is 20.3 Å². The fraction of sp³-hybridized carbons (Fsp3) is 0.600. The standard InChI is InChI=1S/C10H14N4O3/c1-5-10(2)11-7-6(12-17-10)8(15)14(4)9(16)13(7)3/h5H2,1-4H3/p+1/t10-/m1/s1. The Labute approximate surface area is 96.7 Å². The number of hydrogen-bond donors (Lipinski definition) is 1. The molecule has 2 rings (SSSR count). The van der Waals surface area contributed by atoms with Crippen molar-refractivity contribution in [2.24, 2.45) is 19.3 Å². The van der Waals surface area contributed by atoms with Crippen molar-refractivity contribution in [1.82, 2.24) is 9.13 Å². The van der Waals surface area contributed by atoms with Crippen molar-refractivity contribution in [3.8, 4) is 0 Å². The van der Waals surface area contributed by atoms with E-state index < -0.39 is 17.0 Å². The van der Waals surface area contributed by atoms with E-state index >= 15 is 0 Å². The SMILES string of the molecule is CC[C@]1(C)[NH+]=c2c(c(=O)n(C)c(=O)n2C)=NO1. The first-order chi connectivity index (χ1) is 7.89. The van der Waals surface area contributed by atoms with Crippen LogP contribution in [0.4, 0.5) is 0 Å². The maximum atomic E-state index is 11.8. The largest absolute Gasteiger partial charge is 0.418 e. The molecule has 0 aromatic carbocycles. The molecular weight excluding hydrogens is 224 g/mol. The highest BCUT2D eigenvalue weighted by atomic mass is 16.7. The molecule has 1 aromatic heterocycles. The minimum absolute atomic E-state index is 0.125. The lowest BCUT2D eigenvalue weighted by Gasteiger charge is -2.20. The zero-order chi connectivity index (χ0) is 12.8. The predicted octanol–water partition coefficient (Wildman–Crippen LogP) is -3.52. The Morgan fingerprint density at radius 1 is 1.35 bits per heavy atom. The summed E-state index contributed by atoms with van der Waals surface area (Å²) < 4.78 is 2.36. The van der Waals surface area contributed by atoms with Crippen LogP contribution in [-0.4, -0.2) is 14.9 Å². The lowest BCUT2D eigenvalue weighted by Crippen LogP contribution is -2.96. The highest BCUT2D eigenvalue weighted by molar-refractivity contribution is 4.84. The Hall–Kier alpha value is -1.92.